The van der Waals surface area contributed by atoms with Crippen molar-refractivity contribution in [2.24, 2.45) is 11.8 Å². The maximum Gasteiger partial charge on any atom is 0.228 e. The van der Waals surface area contributed by atoms with Crippen molar-refractivity contribution in [3.05, 3.63) is 72.1 Å². The van der Waals surface area contributed by atoms with Gasteiger partial charge < -0.3 is 15.2 Å². The van der Waals surface area contributed by atoms with Gasteiger partial charge in [0.05, 0.1) is 5.92 Å². The molecule has 5 heteroatoms. The lowest BCUT2D eigenvalue weighted by Gasteiger charge is -2.28. The number of nitrogens with zero attached hydrogens (tertiary/aromatic N) is 1. The van der Waals surface area contributed by atoms with E-state index in [9.17, 15) is 14.7 Å². The van der Waals surface area contributed by atoms with Gasteiger partial charge in [0.15, 0.2) is 0 Å². The van der Waals surface area contributed by atoms with Gasteiger partial charge in [-0.1, -0.05) is 24.3 Å². The predicted octanol–water partition coefficient (Wildman–Crippen LogP) is 1.94. The second kappa shape index (κ2) is 7.75. The number of rotatable bonds is 5. The van der Waals surface area contributed by atoms with Gasteiger partial charge in [-0.2, -0.15) is 0 Å². The molecule has 1 heterocycles. The number of nitrogens with one attached hydrogen (secondary N) is 1. The number of carboxylic acids is 1. The summed E-state index contributed by atoms with van der Waals surface area (Å²) in [6.45, 7) is 0. The predicted molar refractivity (Wildman–Crippen MR) is 92.5 cm³/mol. The highest BCUT2D eigenvalue weighted by molar-refractivity contribution is 5.95. The largest absolute Gasteiger partial charge is 0.550 e. The first-order valence-corrected chi connectivity index (χ1v) is 8.28. The fourth-order valence-electron chi connectivity index (χ4n) is 3.04. The molecule has 1 aliphatic rings. The van der Waals surface area contributed by atoms with E-state index in [1.54, 1.807) is 18.5 Å². The minimum atomic E-state index is -1.17. The van der Waals surface area contributed by atoms with E-state index in [1.807, 2.05) is 42.5 Å². The number of aliphatic carboxylic acids is 1. The van der Waals surface area contributed by atoms with Crippen molar-refractivity contribution in [1.29, 1.82) is 0 Å². The molecule has 3 rings (SSSR count). The van der Waals surface area contributed by atoms with Gasteiger partial charge in [0, 0.05) is 30.0 Å². The van der Waals surface area contributed by atoms with Crippen LogP contribution in [0.1, 0.15) is 24.0 Å². The van der Waals surface area contributed by atoms with Crippen LogP contribution in [0.25, 0.3) is 0 Å². The van der Waals surface area contributed by atoms with Crippen molar-refractivity contribution in [1.82, 2.24) is 4.98 Å². The minimum absolute atomic E-state index is 0.277. The fourth-order valence-corrected chi connectivity index (χ4v) is 3.04. The smallest absolute Gasteiger partial charge is 0.228 e. The van der Waals surface area contributed by atoms with Gasteiger partial charge in [-0.05, 0) is 54.7 Å². The van der Waals surface area contributed by atoms with Gasteiger partial charge in [-0.15, -0.1) is 0 Å². The van der Waals surface area contributed by atoms with Gasteiger partial charge in [0.1, 0.15) is 0 Å². The molecule has 0 radical (unpaired) electrons. The van der Waals surface area contributed by atoms with E-state index in [4.69, 9.17) is 0 Å². The van der Waals surface area contributed by atoms with Crippen LogP contribution in [0.15, 0.2) is 60.9 Å². The summed E-state index contributed by atoms with van der Waals surface area (Å²) in [5.41, 5.74) is 2.95. The Hall–Kier alpha value is -2.95. The second-order valence-corrected chi connectivity index (χ2v) is 6.19. The van der Waals surface area contributed by atoms with Crippen LogP contribution in [-0.2, 0) is 16.0 Å². The molecule has 0 unspecified atom stereocenters. The standard InChI is InChI=1S/C20H20N2O3/c23-19(17-3-1-2-4-18(17)20(24)25)22-16-7-5-14(6-8-16)13-15-9-11-21-12-10-15/h1-2,5-12,17-18H,3-4,13H2,(H,22,23)(H,24,25)/p-1/t17-,18+/m0/s1. The number of hydrogen-bond acceptors (Lipinski definition) is 4. The van der Waals surface area contributed by atoms with E-state index < -0.39 is 17.8 Å². The van der Waals surface area contributed by atoms with Crippen molar-refractivity contribution < 1.29 is 14.7 Å². The number of benzene rings is 1. The number of carboxylic acid groups (broad SMARTS) is 1. The Labute approximate surface area is 146 Å². The van der Waals surface area contributed by atoms with Crippen LogP contribution in [0, 0.1) is 11.8 Å². The topological polar surface area (TPSA) is 82.1 Å². The summed E-state index contributed by atoms with van der Waals surface area (Å²) in [4.78, 5) is 27.6. The fraction of sp³-hybridized carbons (Fsp3) is 0.250. The molecule has 25 heavy (non-hydrogen) atoms. The van der Waals surface area contributed by atoms with Crippen molar-refractivity contribution in [3.8, 4) is 0 Å². The highest BCUT2D eigenvalue weighted by Gasteiger charge is 2.29. The van der Waals surface area contributed by atoms with Gasteiger partial charge in [0.2, 0.25) is 5.91 Å². The van der Waals surface area contributed by atoms with Crippen LogP contribution in [-0.4, -0.2) is 16.9 Å². The van der Waals surface area contributed by atoms with Crippen LogP contribution >= 0.6 is 0 Å². The number of allylic oxidation sites excluding steroid dienone is 2. The summed E-state index contributed by atoms with van der Waals surface area (Å²) in [5.74, 6) is -2.81. The maximum atomic E-state index is 12.4. The minimum Gasteiger partial charge on any atom is -0.550 e. The summed E-state index contributed by atoms with van der Waals surface area (Å²) in [5, 5.41) is 14.0. The molecule has 0 spiro atoms. The van der Waals surface area contributed by atoms with Gasteiger partial charge >= 0.3 is 0 Å². The van der Waals surface area contributed by atoms with Crippen LogP contribution < -0.4 is 10.4 Å². The van der Waals surface area contributed by atoms with Gasteiger partial charge in [0.25, 0.3) is 0 Å². The van der Waals surface area contributed by atoms with E-state index in [2.05, 4.69) is 10.3 Å². The average molecular weight is 335 g/mol. The molecule has 0 saturated heterocycles. The molecule has 1 amide bonds. The first kappa shape index (κ1) is 16.9. The lowest BCUT2D eigenvalue weighted by Crippen LogP contribution is -2.41. The van der Waals surface area contributed by atoms with E-state index in [1.165, 1.54) is 0 Å². The van der Waals surface area contributed by atoms with Gasteiger partial charge in [-0.25, -0.2) is 0 Å². The lowest BCUT2D eigenvalue weighted by molar-refractivity contribution is -0.313. The summed E-state index contributed by atoms with van der Waals surface area (Å²) < 4.78 is 0. The first-order chi connectivity index (χ1) is 12.1. The quantitative estimate of drug-likeness (QED) is 0.847. The van der Waals surface area contributed by atoms with E-state index in [0.717, 1.165) is 17.5 Å². The Morgan fingerprint density at radius 1 is 0.960 bits per heavy atom. The summed E-state index contributed by atoms with van der Waals surface area (Å²) >= 11 is 0. The summed E-state index contributed by atoms with van der Waals surface area (Å²) in [6.07, 6.45) is 8.71. The number of carbonyl (C=O) groups is 2. The second-order valence-electron chi connectivity index (χ2n) is 6.19. The zero-order valence-electron chi connectivity index (χ0n) is 13.7. The number of carbonyl (C=O) groups excluding carboxylic acids is 2. The SMILES string of the molecule is O=C(Nc1ccc(Cc2ccncc2)cc1)[C@H]1CC=CC[C@H]1C(=O)[O-]. The first-order valence-electron chi connectivity index (χ1n) is 8.28. The Balaban J connectivity index is 1.63. The molecule has 1 aromatic heterocycles. The Morgan fingerprint density at radius 3 is 2.20 bits per heavy atom. The molecule has 128 valence electrons. The zero-order valence-corrected chi connectivity index (χ0v) is 13.7. The molecule has 0 saturated carbocycles. The number of aromatic nitrogens is 1. The highest BCUT2D eigenvalue weighted by atomic mass is 16.4. The normalized spacial score (nSPS) is 19.4. The van der Waals surface area contributed by atoms with Gasteiger partial charge in [-0.3, -0.25) is 9.78 Å². The zero-order chi connectivity index (χ0) is 17.6. The molecule has 1 aliphatic carbocycles. The molecular formula is C20H19N2O3-. The Kier molecular flexibility index (Phi) is 5.23. The molecule has 2 atom stereocenters. The number of anilines is 1. The molecule has 1 aromatic carbocycles. The molecule has 0 bridgehead atoms. The molecule has 0 fully saturated rings. The lowest BCUT2D eigenvalue weighted by atomic mass is 9.82. The highest BCUT2D eigenvalue weighted by Crippen LogP contribution is 2.26. The number of amides is 1. The third-order valence-corrected chi connectivity index (χ3v) is 4.45. The molecule has 2 aromatic rings. The van der Waals surface area contributed by atoms with Crippen molar-refractivity contribution in [2.75, 3.05) is 5.32 Å². The summed E-state index contributed by atoms with van der Waals surface area (Å²) in [7, 11) is 0. The Bertz CT molecular complexity index is 769. The van der Waals surface area contributed by atoms with E-state index >= 15 is 0 Å². The van der Waals surface area contributed by atoms with Crippen LogP contribution in [0.5, 0.6) is 0 Å². The van der Waals surface area contributed by atoms with E-state index in [-0.39, 0.29) is 5.91 Å². The van der Waals surface area contributed by atoms with Crippen molar-refractivity contribution >= 4 is 17.6 Å². The molecule has 5 nitrogen and oxygen atoms in total. The van der Waals surface area contributed by atoms with Crippen LogP contribution in [0.2, 0.25) is 0 Å². The van der Waals surface area contributed by atoms with Crippen molar-refractivity contribution in [3.63, 3.8) is 0 Å². The number of hydrogen-bond donors (Lipinski definition) is 1. The monoisotopic (exact) mass is 335 g/mol. The van der Waals surface area contributed by atoms with Crippen molar-refractivity contribution in [2.45, 2.75) is 19.3 Å². The van der Waals surface area contributed by atoms with Crippen LogP contribution in [0.3, 0.4) is 0 Å². The number of pyridine rings is 1. The molecular weight excluding hydrogens is 316 g/mol. The average Bonchev–Trinajstić information content (AvgIpc) is 2.64. The molecule has 0 aliphatic heterocycles. The Morgan fingerprint density at radius 2 is 1.56 bits per heavy atom. The third-order valence-electron chi connectivity index (χ3n) is 4.45. The summed E-state index contributed by atoms with van der Waals surface area (Å²) in [6, 6.07) is 11.5. The third kappa shape index (κ3) is 4.32. The molecule has 1 N–H and O–H groups in total. The van der Waals surface area contributed by atoms with Crippen LogP contribution in [0.4, 0.5) is 5.69 Å². The maximum absolute atomic E-state index is 12.4. The van der Waals surface area contributed by atoms with E-state index in [0.29, 0.717) is 18.5 Å².